The molecule has 0 spiro atoms. The smallest absolute Gasteiger partial charge is 0.341 e. The summed E-state index contributed by atoms with van der Waals surface area (Å²) >= 11 is 5.69. The van der Waals surface area contributed by atoms with Crippen LogP contribution in [0.2, 0.25) is 5.02 Å². The number of rotatable bonds is 7. The summed E-state index contributed by atoms with van der Waals surface area (Å²) in [5, 5.41) is 10.8. The molecule has 0 radical (unpaired) electrons. The second-order valence-corrected chi connectivity index (χ2v) is 7.40. The molecule has 0 atom stereocenters. The summed E-state index contributed by atoms with van der Waals surface area (Å²) in [6.45, 7) is -0.160. The van der Waals surface area contributed by atoms with Gasteiger partial charge in [0.1, 0.15) is 16.3 Å². The standard InChI is InChI=1S/C16H15ClN2O7S/c1-25-15-6-3-10(7-12(15)16(20)26-2)9-18-27(23,24)11-4-5-13(17)14(8-11)19(21)22/h3-8,18H,9H2,1-2H3. The van der Waals surface area contributed by atoms with Gasteiger partial charge in [0, 0.05) is 12.6 Å². The Morgan fingerprint density at radius 3 is 2.52 bits per heavy atom. The predicted octanol–water partition coefficient (Wildman–Crippen LogP) is 2.52. The van der Waals surface area contributed by atoms with Crippen LogP contribution in [-0.2, 0) is 21.3 Å². The number of halogens is 1. The number of hydrogen-bond donors (Lipinski definition) is 1. The SMILES string of the molecule is COC(=O)c1cc(CNS(=O)(=O)c2ccc(Cl)c([N+](=O)[O-])c2)ccc1OC. The van der Waals surface area contributed by atoms with E-state index in [1.165, 1.54) is 26.4 Å². The average Bonchev–Trinajstić information content (AvgIpc) is 2.65. The minimum absolute atomic E-state index is 0.138. The maximum Gasteiger partial charge on any atom is 0.341 e. The molecule has 0 amide bonds. The number of nitrogens with one attached hydrogen (secondary N) is 1. The Morgan fingerprint density at radius 2 is 1.93 bits per heavy atom. The summed E-state index contributed by atoms with van der Waals surface area (Å²) in [6, 6.07) is 7.67. The third-order valence-electron chi connectivity index (χ3n) is 3.56. The number of nitro groups is 1. The predicted molar refractivity (Wildman–Crippen MR) is 96.5 cm³/mol. The van der Waals surface area contributed by atoms with E-state index in [9.17, 15) is 23.3 Å². The van der Waals surface area contributed by atoms with E-state index in [2.05, 4.69) is 9.46 Å². The number of sulfonamides is 1. The lowest BCUT2D eigenvalue weighted by molar-refractivity contribution is -0.384. The van der Waals surface area contributed by atoms with Crippen molar-refractivity contribution in [2.75, 3.05) is 14.2 Å². The Labute approximate surface area is 160 Å². The number of nitro benzene ring substituents is 1. The van der Waals surface area contributed by atoms with Crippen molar-refractivity contribution >= 4 is 33.3 Å². The number of carbonyl (C=O) groups is 1. The van der Waals surface area contributed by atoms with Crippen molar-refractivity contribution in [3.63, 3.8) is 0 Å². The topological polar surface area (TPSA) is 125 Å². The Bertz CT molecular complexity index is 992. The number of benzene rings is 2. The van der Waals surface area contributed by atoms with E-state index in [1.807, 2.05) is 0 Å². The van der Waals surface area contributed by atoms with Gasteiger partial charge < -0.3 is 9.47 Å². The molecule has 0 aromatic heterocycles. The molecule has 144 valence electrons. The number of ether oxygens (including phenoxy) is 2. The van der Waals surface area contributed by atoms with Crippen LogP contribution in [0.4, 0.5) is 5.69 Å². The van der Waals surface area contributed by atoms with Gasteiger partial charge in [-0.05, 0) is 29.8 Å². The minimum atomic E-state index is -4.05. The van der Waals surface area contributed by atoms with Crippen molar-refractivity contribution in [2.45, 2.75) is 11.4 Å². The highest BCUT2D eigenvalue weighted by Gasteiger charge is 2.21. The molecular weight excluding hydrogens is 400 g/mol. The first-order valence-corrected chi connectivity index (χ1v) is 9.24. The zero-order chi connectivity index (χ0) is 20.2. The fraction of sp³-hybridized carbons (Fsp3) is 0.188. The van der Waals surface area contributed by atoms with Gasteiger partial charge >= 0.3 is 5.97 Å². The van der Waals surface area contributed by atoms with Gasteiger partial charge in [0.05, 0.1) is 24.0 Å². The van der Waals surface area contributed by atoms with Crippen LogP contribution in [0.1, 0.15) is 15.9 Å². The van der Waals surface area contributed by atoms with Crippen molar-refractivity contribution in [3.05, 3.63) is 62.7 Å². The van der Waals surface area contributed by atoms with E-state index in [4.69, 9.17) is 16.3 Å². The van der Waals surface area contributed by atoms with Crippen LogP contribution >= 0.6 is 11.6 Å². The third kappa shape index (κ3) is 4.73. The maximum absolute atomic E-state index is 12.4. The molecule has 0 saturated heterocycles. The molecule has 1 N–H and O–H groups in total. The van der Waals surface area contributed by atoms with Crippen LogP contribution in [0.15, 0.2) is 41.3 Å². The van der Waals surface area contributed by atoms with E-state index in [-0.39, 0.29) is 27.8 Å². The second kappa shape index (κ2) is 8.33. The Balaban J connectivity index is 2.26. The van der Waals surface area contributed by atoms with E-state index in [1.54, 1.807) is 6.07 Å². The largest absolute Gasteiger partial charge is 0.496 e. The monoisotopic (exact) mass is 414 g/mol. The molecule has 9 nitrogen and oxygen atoms in total. The van der Waals surface area contributed by atoms with Gasteiger partial charge in [0.25, 0.3) is 5.69 Å². The molecule has 0 saturated carbocycles. The lowest BCUT2D eigenvalue weighted by Crippen LogP contribution is -2.23. The summed E-state index contributed by atoms with van der Waals surface area (Å²) in [5.41, 5.74) is 0.0824. The van der Waals surface area contributed by atoms with Crippen LogP contribution in [0, 0.1) is 10.1 Å². The van der Waals surface area contributed by atoms with Crippen LogP contribution in [0.5, 0.6) is 5.75 Å². The van der Waals surface area contributed by atoms with Crippen LogP contribution in [0.25, 0.3) is 0 Å². The number of methoxy groups -OCH3 is 2. The molecule has 2 rings (SSSR count). The molecule has 0 unspecified atom stereocenters. The van der Waals surface area contributed by atoms with Gasteiger partial charge in [0.15, 0.2) is 0 Å². The summed E-state index contributed by atoms with van der Waals surface area (Å²) in [4.78, 5) is 21.6. The lowest BCUT2D eigenvalue weighted by Gasteiger charge is -2.11. The van der Waals surface area contributed by atoms with E-state index in [0.717, 1.165) is 18.2 Å². The fourth-order valence-corrected chi connectivity index (χ4v) is 3.42. The summed E-state index contributed by atoms with van der Waals surface area (Å²) in [7, 11) is -1.45. The normalized spacial score (nSPS) is 11.1. The highest BCUT2D eigenvalue weighted by atomic mass is 35.5. The number of hydrogen-bond acceptors (Lipinski definition) is 7. The van der Waals surface area contributed by atoms with Crippen LogP contribution < -0.4 is 9.46 Å². The van der Waals surface area contributed by atoms with Gasteiger partial charge in [-0.1, -0.05) is 17.7 Å². The molecular formula is C16H15ClN2O7S. The fourth-order valence-electron chi connectivity index (χ4n) is 2.20. The van der Waals surface area contributed by atoms with Crippen molar-refractivity contribution in [1.82, 2.24) is 4.72 Å². The third-order valence-corrected chi connectivity index (χ3v) is 5.28. The summed E-state index contributed by atoms with van der Waals surface area (Å²) in [5.74, 6) is -0.355. The van der Waals surface area contributed by atoms with Crippen molar-refractivity contribution in [2.24, 2.45) is 0 Å². The van der Waals surface area contributed by atoms with Crippen molar-refractivity contribution < 1.29 is 27.6 Å². The zero-order valence-electron chi connectivity index (χ0n) is 14.3. The number of carbonyl (C=O) groups excluding carboxylic acids is 1. The van der Waals surface area contributed by atoms with Gasteiger partial charge in [-0.25, -0.2) is 17.9 Å². The van der Waals surface area contributed by atoms with Gasteiger partial charge in [0.2, 0.25) is 10.0 Å². The minimum Gasteiger partial charge on any atom is -0.496 e. The summed E-state index contributed by atoms with van der Waals surface area (Å²) in [6.07, 6.45) is 0. The first kappa shape index (κ1) is 20.6. The molecule has 0 aliphatic carbocycles. The quantitative estimate of drug-likeness (QED) is 0.419. The highest BCUT2D eigenvalue weighted by molar-refractivity contribution is 7.89. The number of nitrogens with zero attached hydrogens (tertiary/aromatic N) is 1. The second-order valence-electron chi connectivity index (χ2n) is 5.22. The Hall–Kier alpha value is -2.69. The lowest BCUT2D eigenvalue weighted by atomic mass is 10.1. The average molecular weight is 415 g/mol. The van der Waals surface area contributed by atoms with Gasteiger partial charge in [-0.3, -0.25) is 10.1 Å². The molecule has 2 aromatic carbocycles. The number of esters is 1. The molecule has 0 aliphatic rings. The van der Waals surface area contributed by atoms with Crippen molar-refractivity contribution in [3.8, 4) is 5.75 Å². The molecule has 0 heterocycles. The summed E-state index contributed by atoms with van der Waals surface area (Å²) < 4.78 is 36.8. The maximum atomic E-state index is 12.4. The first-order valence-electron chi connectivity index (χ1n) is 7.38. The van der Waals surface area contributed by atoms with E-state index < -0.39 is 26.6 Å². The van der Waals surface area contributed by atoms with Crippen LogP contribution in [0.3, 0.4) is 0 Å². The first-order chi connectivity index (χ1) is 12.7. The molecule has 0 fully saturated rings. The Morgan fingerprint density at radius 1 is 1.22 bits per heavy atom. The van der Waals surface area contributed by atoms with Gasteiger partial charge in [-0.15, -0.1) is 0 Å². The van der Waals surface area contributed by atoms with Gasteiger partial charge in [-0.2, -0.15) is 0 Å². The molecule has 11 heteroatoms. The zero-order valence-corrected chi connectivity index (χ0v) is 15.8. The molecule has 0 bridgehead atoms. The molecule has 0 aliphatic heterocycles. The van der Waals surface area contributed by atoms with Crippen LogP contribution in [-0.4, -0.2) is 33.5 Å². The Kier molecular flexibility index (Phi) is 6.37. The van der Waals surface area contributed by atoms with E-state index in [0.29, 0.717) is 5.56 Å². The van der Waals surface area contributed by atoms with E-state index >= 15 is 0 Å². The van der Waals surface area contributed by atoms with Crippen molar-refractivity contribution in [1.29, 1.82) is 0 Å². The highest BCUT2D eigenvalue weighted by Crippen LogP contribution is 2.27. The molecule has 2 aromatic rings. The molecule has 27 heavy (non-hydrogen) atoms.